The summed E-state index contributed by atoms with van der Waals surface area (Å²) in [6.07, 6.45) is 0. The second-order valence-corrected chi connectivity index (χ2v) is 6.00. The minimum atomic E-state index is 0.109. The van der Waals surface area contributed by atoms with Crippen LogP contribution in [-0.2, 0) is 0 Å². The highest BCUT2D eigenvalue weighted by molar-refractivity contribution is 7.99. The molecule has 0 aliphatic carbocycles. The summed E-state index contributed by atoms with van der Waals surface area (Å²) >= 11 is 3.44. The Bertz CT molecular complexity index is 550. The molecule has 1 aromatic carbocycles. The predicted molar refractivity (Wildman–Crippen MR) is 71.5 cm³/mol. The summed E-state index contributed by atoms with van der Waals surface area (Å²) in [5.41, 5.74) is 0.813. The molecule has 0 saturated heterocycles. The Morgan fingerprint density at radius 1 is 1.18 bits per heavy atom. The van der Waals surface area contributed by atoms with E-state index in [0.717, 1.165) is 10.5 Å². The first-order valence-corrected chi connectivity index (χ1v) is 7.09. The van der Waals surface area contributed by atoms with E-state index in [9.17, 15) is 4.79 Å². The lowest BCUT2D eigenvalue weighted by atomic mass is 10.2. The van der Waals surface area contributed by atoms with Crippen molar-refractivity contribution in [1.82, 2.24) is 4.90 Å². The Morgan fingerprint density at radius 3 is 2.76 bits per heavy atom. The van der Waals surface area contributed by atoms with E-state index in [4.69, 9.17) is 0 Å². The predicted octanol–water partition coefficient (Wildman–Crippen LogP) is 3.62. The summed E-state index contributed by atoms with van der Waals surface area (Å²) in [6.45, 7) is 0. The minimum Gasteiger partial charge on any atom is -0.324 e. The first-order valence-electron chi connectivity index (χ1n) is 5.33. The van der Waals surface area contributed by atoms with Crippen LogP contribution in [0.2, 0.25) is 0 Å². The zero-order valence-electron chi connectivity index (χ0n) is 9.29. The van der Waals surface area contributed by atoms with E-state index in [-0.39, 0.29) is 11.3 Å². The number of nitrogens with zero attached hydrogens (tertiary/aromatic N) is 1. The summed E-state index contributed by atoms with van der Waals surface area (Å²) in [5.74, 6) is 0.109. The van der Waals surface area contributed by atoms with Crippen molar-refractivity contribution in [3.05, 3.63) is 52.2 Å². The van der Waals surface area contributed by atoms with E-state index in [1.165, 1.54) is 4.88 Å². The number of carbonyl (C=O) groups excluding carboxylic acids is 1. The zero-order valence-corrected chi connectivity index (χ0v) is 10.9. The largest absolute Gasteiger partial charge is 0.324 e. The van der Waals surface area contributed by atoms with Crippen LogP contribution in [0.3, 0.4) is 0 Å². The third-order valence-electron chi connectivity index (χ3n) is 2.81. The molecule has 1 amide bonds. The van der Waals surface area contributed by atoms with Crippen LogP contribution in [0, 0.1) is 0 Å². The van der Waals surface area contributed by atoms with Crippen molar-refractivity contribution in [3.63, 3.8) is 0 Å². The second-order valence-electron chi connectivity index (χ2n) is 3.90. The molecule has 2 heterocycles. The van der Waals surface area contributed by atoms with Crippen molar-refractivity contribution in [2.24, 2.45) is 0 Å². The number of hydrogen-bond acceptors (Lipinski definition) is 3. The normalized spacial score (nSPS) is 19.2. The van der Waals surface area contributed by atoms with Gasteiger partial charge in [-0.2, -0.15) is 0 Å². The van der Waals surface area contributed by atoms with Crippen molar-refractivity contribution < 1.29 is 4.79 Å². The van der Waals surface area contributed by atoms with E-state index in [1.807, 2.05) is 42.3 Å². The highest BCUT2D eigenvalue weighted by Gasteiger charge is 2.31. The molecular formula is C13H11NOS2. The van der Waals surface area contributed by atoms with Crippen LogP contribution in [0.15, 0.2) is 46.7 Å². The van der Waals surface area contributed by atoms with Gasteiger partial charge in [-0.1, -0.05) is 30.0 Å². The van der Waals surface area contributed by atoms with Gasteiger partial charge in [0.2, 0.25) is 0 Å². The molecule has 0 bridgehead atoms. The lowest BCUT2D eigenvalue weighted by molar-refractivity contribution is 0.0771. The van der Waals surface area contributed by atoms with Crippen LogP contribution in [0.4, 0.5) is 0 Å². The maximum Gasteiger partial charge on any atom is 0.255 e. The second kappa shape index (κ2) is 4.20. The Balaban J connectivity index is 2.05. The fraction of sp³-hybridized carbons (Fsp3) is 0.154. The maximum atomic E-state index is 12.2. The van der Waals surface area contributed by atoms with Crippen molar-refractivity contribution in [2.45, 2.75) is 10.3 Å². The van der Waals surface area contributed by atoms with E-state index in [1.54, 1.807) is 23.1 Å². The molecular weight excluding hydrogens is 250 g/mol. The van der Waals surface area contributed by atoms with Crippen LogP contribution in [0.25, 0.3) is 0 Å². The third-order valence-corrected chi connectivity index (χ3v) is 5.29. The molecule has 4 heteroatoms. The number of thiophene rings is 1. The minimum absolute atomic E-state index is 0.109. The molecule has 1 unspecified atom stereocenters. The van der Waals surface area contributed by atoms with Crippen LogP contribution in [0.5, 0.6) is 0 Å². The SMILES string of the molecule is CN1C(=O)c2ccccc2SC1c1cccs1. The molecule has 17 heavy (non-hydrogen) atoms. The number of fused-ring (bicyclic) bond motifs is 1. The molecule has 0 fully saturated rings. The Morgan fingerprint density at radius 2 is 2.00 bits per heavy atom. The number of hydrogen-bond donors (Lipinski definition) is 0. The van der Waals surface area contributed by atoms with E-state index < -0.39 is 0 Å². The van der Waals surface area contributed by atoms with Gasteiger partial charge >= 0.3 is 0 Å². The van der Waals surface area contributed by atoms with Gasteiger partial charge in [0.05, 0.1) is 5.56 Å². The fourth-order valence-corrected chi connectivity index (χ4v) is 4.11. The first-order chi connectivity index (χ1) is 8.27. The quantitative estimate of drug-likeness (QED) is 0.781. The van der Waals surface area contributed by atoms with Crippen molar-refractivity contribution >= 4 is 29.0 Å². The van der Waals surface area contributed by atoms with Crippen molar-refractivity contribution in [3.8, 4) is 0 Å². The van der Waals surface area contributed by atoms with Crippen LogP contribution < -0.4 is 0 Å². The molecule has 1 aromatic heterocycles. The molecule has 0 spiro atoms. The summed E-state index contributed by atoms with van der Waals surface area (Å²) in [6, 6.07) is 11.9. The van der Waals surface area contributed by atoms with Gasteiger partial charge in [0, 0.05) is 16.8 Å². The number of benzene rings is 1. The van der Waals surface area contributed by atoms with Gasteiger partial charge in [-0.15, -0.1) is 11.3 Å². The van der Waals surface area contributed by atoms with Crippen LogP contribution in [-0.4, -0.2) is 17.9 Å². The lowest BCUT2D eigenvalue weighted by Gasteiger charge is -2.32. The molecule has 1 aliphatic rings. The van der Waals surface area contributed by atoms with E-state index >= 15 is 0 Å². The highest BCUT2D eigenvalue weighted by Crippen LogP contribution is 2.44. The van der Waals surface area contributed by atoms with Gasteiger partial charge < -0.3 is 4.90 Å². The topological polar surface area (TPSA) is 20.3 Å². The molecule has 1 aliphatic heterocycles. The fourth-order valence-electron chi connectivity index (χ4n) is 1.92. The smallest absolute Gasteiger partial charge is 0.255 e. The number of carbonyl (C=O) groups is 1. The van der Waals surface area contributed by atoms with Gasteiger partial charge in [-0.05, 0) is 23.6 Å². The van der Waals surface area contributed by atoms with Gasteiger partial charge in [0.25, 0.3) is 5.91 Å². The number of amides is 1. The summed E-state index contributed by atoms with van der Waals surface area (Å²) in [4.78, 5) is 16.4. The van der Waals surface area contributed by atoms with E-state index in [2.05, 4.69) is 11.4 Å². The van der Waals surface area contributed by atoms with Gasteiger partial charge in [0.15, 0.2) is 0 Å². The van der Waals surface area contributed by atoms with Crippen LogP contribution in [0.1, 0.15) is 20.6 Å². The summed E-state index contributed by atoms with van der Waals surface area (Å²) in [5, 5.41) is 2.16. The third kappa shape index (κ3) is 1.77. The average molecular weight is 261 g/mol. The van der Waals surface area contributed by atoms with Gasteiger partial charge in [0.1, 0.15) is 5.37 Å². The van der Waals surface area contributed by atoms with Crippen LogP contribution >= 0.6 is 23.1 Å². The number of thioether (sulfide) groups is 1. The summed E-state index contributed by atoms with van der Waals surface area (Å²) in [7, 11) is 1.87. The standard InChI is InChI=1S/C13H11NOS2/c1-14-12(15)9-5-2-3-6-10(9)17-13(14)11-7-4-8-16-11/h2-8,13H,1H3. The molecule has 2 nitrogen and oxygen atoms in total. The van der Waals surface area contributed by atoms with Gasteiger partial charge in [-0.25, -0.2) is 0 Å². The molecule has 0 N–H and O–H groups in total. The molecule has 0 radical (unpaired) electrons. The molecule has 2 aromatic rings. The molecule has 1 atom stereocenters. The maximum absolute atomic E-state index is 12.2. The zero-order chi connectivity index (χ0) is 11.8. The van der Waals surface area contributed by atoms with Crippen molar-refractivity contribution in [2.75, 3.05) is 7.05 Å². The van der Waals surface area contributed by atoms with E-state index in [0.29, 0.717) is 0 Å². The highest BCUT2D eigenvalue weighted by atomic mass is 32.2. The molecule has 0 saturated carbocycles. The molecule has 3 rings (SSSR count). The number of rotatable bonds is 1. The Kier molecular flexibility index (Phi) is 2.68. The average Bonchev–Trinajstić information content (AvgIpc) is 2.87. The first kappa shape index (κ1) is 10.9. The van der Waals surface area contributed by atoms with Gasteiger partial charge in [-0.3, -0.25) is 4.79 Å². The molecule has 86 valence electrons. The summed E-state index contributed by atoms with van der Waals surface area (Å²) < 4.78 is 0. The van der Waals surface area contributed by atoms with Crippen molar-refractivity contribution in [1.29, 1.82) is 0 Å². The Hall–Kier alpha value is -1.26. The Labute approximate surface area is 108 Å². The monoisotopic (exact) mass is 261 g/mol. The lowest BCUT2D eigenvalue weighted by Crippen LogP contribution is -2.32.